The summed E-state index contributed by atoms with van der Waals surface area (Å²) in [5, 5.41) is 9.72. The van der Waals surface area contributed by atoms with E-state index in [0.717, 1.165) is 31.8 Å². The second kappa shape index (κ2) is 5.09. The van der Waals surface area contributed by atoms with Gasteiger partial charge in [-0.15, -0.1) is 0 Å². The normalized spacial score (nSPS) is 45.4. The summed E-state index contributed by atoms with van der Waals surface area (Å²) in [7, 11) is 0. The Labute approximate surface area is 153 Å². The Morgan fingerprint density at radius 3 is 3.00 bits per heavy atom. The zero-order valence-electron chi connectivity index (χ0n) is 15.2. The van der Waals surface area contributed by atoms with Crippen LogP contribution in [0.15, 0.2) is 24.3 Å². The predicted octanol–water partition coefficient (Wildman–Crippen LogP) is 1.39. The average Bonchev–Trinajstić information content (AvgIpc) is 3.20. The van der Waals surface area contributed by atoms with Crippen molar-refractivity contribution in [1.29, 1.82) is 0 Å². The number of benzene rings is 1. The molecule has 6 rings (SSSR count). The number of hydrogen-bond acceptors (Lipinski definition) is 4. The highest BCUT2D eigenvalue weighted by Crippen LogP contribution is 2.64. The van der Waals surface area contributed by atoms with Gasteiger partial charge in [0.15, 0.2) is 0 Å². The summed E-state index contributed by atoms with van der Waals surface area (Å²) in [4.78, 5) is 17.5. The van der Waals surface area contributed by atoms with Crippen molar-refractivity contribution in [2.24, 2.45) is 17.8 Å². The molecule has 1 spiro atoms. The van der Waals surface area contributed by atoms with Crippen LogP contribution in [0.3, 0.4) is 0 Å². The van der Waals surface area contributed by atoms with Crippen LogP contribution in [-0.4, -0.2) is 60.4 Å². The lowest BCUT2D eigenvalue weighted by Gasteiger charge is -2.60. The molecule has 1 unspecified atom stereocenters. The third-order valence-corrected chi connectivity index (χ3v) is 8.32. The van der Waals surface area contributed by atoms with Gasteiger partial charge in [-0.05, 0) is 43.9 Å². The summed E-state index contributed by atoms with van der Waals surface area (Å²) in [5.41, 5.74) is 2.37. The molecule has 5 nitrogen and oxygen atoms in total. The van der Waals surface area contributed by atoms with Crippen LogP contribution >= 0.6 is 0 Å². The zero-order valence-corrected chi connectivity index (χ0v) is 15.2. The van der Waals surface area contributed by atoms with E-state index < -0.39 is 6.61 Å². The molecule has 4 fully saturated rings. The van der Waals surface area contributed by atoms with Crippen molar-refractivity contribution in [3.8, 4) is 0 Å². The van der Waals surface area contributed by atoms with Gasteiger partial charge in [-0.3, -0.25) is 9.69 Å². The Bertz CT molecular complexity index is 782. The first-order chi connectivity index (χ1) is 12.7. The Balaban J connectivity index is 1.58. The number of anilines is 1. The summed E-state index contributed by atoms with van der Waals surface area (Å²) in [6, 6.07) is 9.08. The van der Waals surface area contributed by atoms with E-state index in [1.54, 1.807) is 0 Å². The first-order valence-corrected chi connectivity index (χ1v) is 10.0. The molecule has 5 aliphatic rings. The predicted molar refractivity (Wildman–Crippen MR) is 97.0 cm³/mol. The van der Waals surface area contributed by atoms with Crippen LogP contribution in [0.1, 0.15) is 25.3 Å². The molecule has 5 heteroatoms. The number of amides is 1. The van der Waals surface area contributed by atoms with Crippen molar-refractivity contribution in [3.05, 3.63) is 29.8 Å². The van der Waals surface area contributed by atoms with Gasteiger partial charge in [0.05, 0.1) is 18.8 Å². The standard InChI is InChI=1S/C21H26N2O3/c1-12-14-9-22-7-6-21-16-4-2-3-5-17(16)23(19(25)10-24)20(21)15(11-26-12)13(14)8-18(21)22/h2-5,12-15,18,20,24H,6-11H2,1H3/t12-,13+,14+,15-,18+,20+,21?/m1/s1. The lowest BCUT2D eigenvalue weighted by atomic mass is 9.53. The van der Waals surface area contributed by atoms with Crippen LogP contribution in [0.25, 0.3) is 0 Å². The monoisotopic (exact) mass is 354 g/mol. The number of para-hydroxylation sites is 1. The lowest BCUT2D eigenvalue weighted by molar-refractivity contribution is -0.154. The first-order valence-electron chi connectivity index (χ1n) is 10.0. The van der Waals surface area contributed by atoms with Crippen molar-refractivity contribution in [2.45, 2.75) is 43.4 Å². The van der Waals surface area contributed by atoms with E-state index in [0.29, 0.717) is 29.9 Å². The molecule has 138 valence electrons. The van der Waals surface area contributed by atoms with Gasteiger partial charge in [-0.25, -0.2) is 0 Å². The molecule has 3 saturated heterocycles. The Hall–Kier alpha value is -1.43. The molecule has 1 saturated carbocycles. The maximum atomic E-state index is 12.9. The van der Waals surface area contributed by atoms with Gasteiger partial charge >= 0.3 is 0 Å². The minimum atomic E-state index is -0.423. The van der Waals surface area contributed by atoms with Gasteiger partial charge < -0.3 is 14.7 Å². The van der Waals surface area contributed by atoms with Crippen molar-refractivity contribution in [2.75, 3.05) is 31.2 Å². The van der Waals surface area contributed by atoms with E-state index in [-0.39, 0.29) is 17.4 Å². The molecule has 2 bridgehead atoms. The molecule has 4 heterocycles. The van der Waals surface area contributed by atoms with E-state index in [9.17, 15) is 9.90 Å². The molecule has 1 amide bonds. The Kier molecular flexibility index (Phi) is 3.06. The minimum absolute atomic E-state index is 0.0114. The molecular weight excluding hydrogens is 328 g/mol. The number of hydrogen-bond donors (Lipinski definition) is 1. The summed E-state index contributed by atoms with van der Waals surface area (Å²) < 4.78 is 6.24. The van der Waals surface area contributed by atoms with Crippen LogP contribution in [0.4, 0.5) is 5.69 Å². The fourth-order valence-electron chi connectivity index (χ4n) is 7.43. The van der Waals surface area contributed by atoms with E-state index in [4.69, 9.17) is 4.74 Å². The van der Waals surface area contributed by atoms with Crippen molar-refractivity contribution >= 4 is 11.6 Å². The summed E-state index contributed by atoms with van der Waals surface area (Å²) in [6.07, 6.45) is 2.64. The molecule has 4 aliphatic heterocycles. The molecule has 26 heavy (non-hydrogen) atoms. The number of rotatable bonds is 1. The van der Waals surface area contributed by atoms with Crippen molar-refractivity contribution < 1.29 is 14.6 Å². The zero-order chi connectivity index (χ0) is 17.6. The number of aliphatic hydroxyl groups excluding tert-OH is 1. The van der Waals surface area contributed by atoms with Crippen LogP contribution < -0.4 is 4.90 Å². The highest BCUT2D eigenvalue weighted by Gasteiger charge is 2.69. The number of nitrogens with zero attached hydrogens (tertiary/aromatic N) is 2. The summed E-state index contributed by atoms with van der Waals surface area (Å²) >= 11 is 0. The van der Waals surface area contributed by atoms with E-state index in [1.807, 2.05) is 11.0 Å². The van der Waals surface area contributed by atoms with E-state index in [1.165, 1.54) is 12.0 Å². The minimum Gasteiger partial charge on any atom is -0.387 e. The Morgan fingerprint density at radius 2 is 2.15 bits per heavy atom. The first kappa shape index (κ1) is 15.6. The summed E-state index contributed by atoms with van der Waals surface area (Å²) in [6.45, 7) is 4.79. The quantitative estimate of drug-likeness (QED) is 0.828. The number of ether oxygens (including phenoxy) is 1. The van der Waals surface area contributed by atoms with Crippen molar-refractivity contribution in [1.82, 2.24) is 4.90 Å². The molecule has 1 N–H and O–H groups in total. The maximum absolute atomic E-state index is 12.9. The van der Waals surface area contributed by atoms with Gasteiger partial charge in [-0.1, -0.05) is 18.2 Å². The number of piperidine rings is 1. The number of carbonyl (C=O) groups excluding carboxylic acids is 1. The molecule has 1 aliphatic carbocycles. The fourth-order valence-corrected chi connectivity index (χ4v) is 7.43. The summed E-state index contributed by atoms with van der Waals surface area (Å²) in [5.74, 6) is 1.40. The van der Waals surface area contributed by atoms with E-state index in [2.05, 4.69) is 30.0 Å². The number of fused-ring (bicyclic) bond motifs is 2. The van der Waals surface area contributed by atoms with Crippen LogP contribution in [0.2, 0.25) is 0 Å². The topological polar surface area (TPSA) is 53.0 Å². The van der Waals surface area contributed by atoms with Crippen LogP contribution in [-0.2, 0) is 14.9 Å². The molecule has 1 aromatic rings. The third kappa shape index (κ3) is 1.62. The molecule has 7 atom stereocenters. The highest BCUT2D eigenvalue weighted by molar-refractivity contribution is 5.98. The smallest absolute Gasteiger partial charge is 0.252 e. The van der Waals surface area contributed by atoms with Gasteiger partial charge in [-0.2, -0.15) is 0 Å². The molecule has 1 aromatic carbocycles. The van der Waals surface area contributed by atoms with Gasteiger partial charge in [0.25, 0.3) is 5.91 Å². The van der Waals surface area contributed by atoms with Gasteiger partial charge in [0.1, 0.15) is 6.61 Å². The van der Waals surface area contributed by atoms with Gasteiger partial charge in [0.2, 0.25) is 0 Å². The highest BCUT2D eigenvalue weighted by atomic mass is 16.5. The average molecular weight is 354 g/mol. The Morgan fingerprint density at radius 1 is 1.31 bits per heavy atom. The number of carbonyl (C=O) groups is 1. The maximum Gasteiger partial charge on any atom is 0.252 e. The lowest BCUT2D eigenvalue weighted by Crippen LogP contribution is -2.69. The van der Waals surface area contributed by atoms with Crippen LogP contribution in [0.5, 0.6) is 0 Å². The molecule has 0 radical (unpaired) electrons. The number of aliphatic hydroxyl groups is 1. The SMILES string of the molecule is C[C@H]1OC[C@@H]2[C@H]3C[C@@H]4N(CCC45c4ccccc4N(C(=O)CO)[C@@H]25)C[C@H]31. The largest absolute Gasteiger partial charge is 0.387 e. The molecular formula is C21H26N2O3. The van der Waals surface area contributed by atoms with E-state index >= 15 is 0 Å². The molecule has 0 aromatic heterocycles. The third-order valence-electron chi connectivity index (χ3n) is 8.32. The fraction of sp³-hybridized carbons (Fsp3) is 0.667. The van der Waals surface area contributed by atoms with Gasteiger partial charge in [0, 0.05) is 35.5 Å². The second-order valence-corrected chi connectivity index (χ2v) is 8.95. The van der Waals surface area contributed by atoms with Crippen LogP contribution in [0, 0.1) is 17.8 Å². The van der Waals surface area contributed by atoms with Crippen molar-refractivity contribution in [3.63, 3.8) is 0 Å². The second-order valence-electron chi connectivity index (χ2n) is 8.95.